The maximum atomic E-state index is 13.6. The standard InChI is InChI=1S/C25H33N5O6S/c1-6-8-21-22(25(33)36-7-2)23(27-17(4)26-21)24(32)29-13-14-30(16(3)15-29)37(34,35)20-11-9-19(10-12-20)28-18(5)31/h9-12,16H,6-8,13-15H2,1-5H3,(H,28,31). The zero-order chi connectivity index (χ0) is 27.3. The quantitative estimate of drug-likeness (QED) is 0.513. The van der Waals surface area contributed by atoms with Gasteiger partial charge in [0, 0.05) is 38.3 Å². The van der Waals surface area contributed by atoms with Gasteiger partial charge in [-0.3, -0.25) is 9.59 Å². The number of rotatable bonds is 8. The largest absolute Gasteiger partial charge is 0.462 e. The topological polar surface area (TPSA) is 139 Å². The molecule has 200 valence electrons. The lowest BCUT2D eigenvalue weighted by molar-refractivity contribution is -0.114. The molecular weight excluding hydrogens is 498 g/mol. The summed E-state index contributed by atoms with van der Waals surface area (Å²) in [5, 5.41) is 2.61. The molecular formula is C25H33N5O6S. The van der Waals surface area contributed by atoms with Gasteiger partial charge in [-0.25, -0.2) is 23.2 Å². The third-order valence-electron chi connectivity index (χ3n) is 5.90. The fourth-order valence-corrected chi connectivity index (χ4v) is 5.92. The van der Waals surface area contributed by atoms with Gasteiger partial charge in [-0.05, 0) is 51.5 Å². The van der Waals surface area contributed by atoms with Crippen molar-refractivity contribution >= 4 is 33.5 Å². The average molecular weight is 532 g/mol. The van der Waals surface area contributed by atoms with Gasteiger partial charge in [0.15, 0.2) is 0 Å². The first kappa shape index (κ1) is 28.2. The van der Waals surface area contributed by atoms with E-state index in [1.54, 1.807) is 20.8 Å². The van der Waals surface area contributed by atoms with Crippen LogP contribution in [0.25, 0.3) is 0 Å². The fraction of sp³-hybridized carbons (Fsp3) is 0.480. The molecule has 0 radical (unpaired) electrons. The summed E-state index contributed by atoms with van der Waals surface area (Å²) in [6.45, 7) is 8.85. The van der Waals surface area contributed by atoms with Crippen molar-refractivity contribution in [1.29, 1.82) is 0 Å². The van der Waals surface area contributed by atoms with Crippen LogP contribution in [0.4, 0.5) is 5.69 Å². The number of sulfonamides is 1. The van der Waals surface area contributed by atoms with Crippen LogP contribution in [0.5, 0.6) is 0 Å². The molecule has 1 atom stereocenters. The highest BCUT2D eigenvalue weighted by Crippen LogP contribution is 2.25. The number of aryl methyl sites for hydroxylation is 2. The number of carbonyl (C=O) groups is 3. The Hall–Kier alpha value is -3.38. The van der Waals surface area contributed by atoms with Crippen molar-refractivity contribution in [2.75, 3.05) is 31.6 Å². The molecule has 0 aliphatic carbocycles. The summed E-state index contributed by atoms with van der Waals surface area (Å²) in [5.41, 5.74) is 1.01. The smallest absolute Gasteiger partial charge is 0.342 e. The average Bonchev–Trinajstić information content (AvgIpc) is 2.83. The van der Waals surface area contributed by atoms with Crippen LogP contribution in [0.3, 0.4) is 0 Å². The van der Waals surface area contributed by atoms with Crippen molar-refractivity contribution < 1.29 is 27.5 Å². The van der Waals surface area contributed by atoms with Crippen molar-refractivity contribution in [3.8, 4) is 0 Å². The van der Waals surface area contributed by atoms with E-state index in [0.29, 0.717) is 23.6 Å². The number of aromatic nitrogens is 2. The molecule has 1 aromatic carbocycles. The van der Waals surface area contributed by atoms with Crippen LogP contribution in [0.15, 0.2) is 29.2 Å². The Morgan fingerprint density at radius 2 is 1.78 bits per heavy atom. The van der Waals surface area contributed by atoms with Crippen LogP contribution in [0.1, 0.15) is 66.5 Å². The lowest BCUT2D eigenvalue weighted by atomic mass is 10.1. The summed E-state index contributed by atoms with van der Waals surface area (Å²) in [6.07, 6.45) is 1.21. The van der Waals surface area contributed by atoms with E-state index in [4.69, 9.17) is 4.74 Å². The molecule has 12 heteroatoms. The first-order valence-electron chi connectivity index (χ1n) is 12.2. The van der Waals surface area contributed by atoms with E-state index < -0.39 is 27.9 Å². The molecule has 2 heterocycles. The second-order valence-corrected chi connectivity index (χ2v) is 10.7. The Morgan fingerprint density at radius 1 is 1.11 bits per heavy atom. The maximum absolute atomic E-state index is 13.6. The minimum atomic E-state index is -3.84. The molecule has 1 aliphatic heterocycles. The van der Waals surface area contributed by atoms with Gasteiger partial charge in [-0.2, -0.15) is 4.31 Å². The van der Waals surface area contributed by atoms with E-state index in [2.05, 4.69) is 15.3 Å². The third kappa shape index (κ3) is 6.31. The van der Waals surface area contributed by atoms with Gasteiger partial charge in [-0.1, -0.05) is 13.3 Å². The van der Waals surface area contributed by atoms with Crippen LogP contribution in [0.2, 0.25) is 0 Å². The molecule has 0 spiro atoms. The van der Waals surface area contributed by atoms with E-state index in [9.17, 15) is 22.8 Å². The number of benzene rings is 1. The second kappa shape index (κ2) is 11.8. The Balaban J connectivity index is 1.84. The monoisotopic (exact) mass is 531 g/mol. The van der Waals surface area contributed by atoms with E-state index in [0.717, 1.165) is 6.42 Å². The Kier molecular flexibility index (Phi) is 8.98. The molecule has 37 heavy (non-hydrogen) atoms. The van der Waals surface area contributed by atoms with Crippen LogP contribution in [0, 0.1) is 6.92 Å². The molecule has 2 aromatic rings. The number of carbonyl (C=O) groups excluding carboxylic acids is 3. The van der Waals surface area contributed by atoms with Gasteiger partial charge in [-0.15, -0.1) is 0 Å². The number of piperazine rings is 1. The van der Waals surface area contributed by atoms with Crippen molar-refractivity contribution in [3.05, 3.63) is 47.0 Å². The van der Waals surface area contributed by atoms with Crippen molar-refractivity contribution in [2.24, 2.45) is 0 Å². The Labute approximate surface area is 217 Å². The van der Waals surface area contributed by atoms with E-state index in [1.807, 2.05) is 6.92 Å². The first-order chi connectivity index (χ1) is 17.5. The van der Waals surface area contributed by atoms with Gasteiger partial charge in [0.25, 0.3) is 5.91 Å². The maximum Gasteiger partial charge on any atom is 0.342 e. The number of nitrogens with one attached hydrogen (secondary N) is 1. The van der Waals surface area contributed by atoms with Crippen molar-refractivity contribution in [2.45, 2.75) is 58.4 Å². The van der Waals surface area contributed by atoms with E-state index in [-0.39, 0.29) is 48.3 Å². The lowest BCUT2D eigenvalue weighted by Crippen LogP contribution is -2.55. The van der Waals surface area contributed by atoms with Gasteiger partial charge in [0.2, 0.25) is 15.9 Å². The normalized spacial score (nSPS) is 16.4. The Morgan fingerprint density at radius 3 is 2.35 bits per heavy atom. The molecule has 0 bridgehead atoms. The SMILES string of the molecule is CCCc1nc(C)nc(C(=O)N2CCN(S(=O)(=O)c3ccc(NC(C)=O)cc3)C(C)C2)c1C(=O)OCC. The van der Waals surface area contributed by atoms with Crippen LogP contribution < -0.4 is 5.32 Å². The predicted octanol–water partition coefficient (Wildman–Crippen LogP) is 2.41. The van der Waals surface area contributed by atoms with Gasteiger partial charge < -0.3 is 15.0 Å². The summed E-state index contributed by atoms with van der Waals surface area (Å²) < 4.78 is 33.2. The highest BCUT2D eigenvalue weighted by Gasteiger charge is 2.37. The van der Waals surface area contributed by atoms with Gasteiger partial charge >= 0.3 is 5.97 Å². The number of hydrogen-bond donors (Lipinski definition) is 1. The lowest BCUT2D eigenvalue weighted by Gasteiger charge is -2.39. The predicted molar refractivity (Wildman–Crippen MR) is 137 cm³/mol. The summed E-state index contributed by atoms with van der Waals surface area (Å²) in [7, 11) is -3.84. The summed E-state index contributed by atoms with van der Waals surface area (Å²) in [4.78, 5) is 47.8. The minimum absolute atomic E-state index is 0.0218. The molecule has 11 nitrogen and oxygen atoms in total. The van der Waals surface area contributed by atoms with Gasteiger partial charge in [0.1, 0.15) is 17.1 Å². The zero-order valence-corrected chi connectivity index (χ0v) is 22.6. The molecule has 1 unspecified atom stereocenters. The summed E-state index contributed by atoms with van der Waals surface area (Å²) >= 11 is 0. The number of ether oxygens (including phenoxy) is 1. The molecule has 2 amide bonds. The highest BCUT2D eigenvalue weighted by molar-refractivity contribution is 7.89. The van der Waals surface area contributed by atoms with E-state index >= 15 is 0 Å². The molecule has 1 fully saturated rings. The molecule has 1 saturated heterocycles. The number of amides is 2. The van der Waals surface area contributed by atoms with Gasteiger partial charge in [0.05, 0.1) is 17.2 Å². The number of anilines is 1. The molecule has 3 rings (SSSR count). The molecule has 1 aromatic heterocycles. The van der Waals surface area contributed by atoms with Crippen molar-refractivity contribution in [1.82, 2.24) is 19.2 Å². The van der Waals surface area contributed by atoms with Crippen LogP contribution in [-0.4, -0.2) is 77.7 Å². The number of hydrogen-bond acceptors (Lipinski definition) is 8. The molecule has 1 N–H and O–H groups in total. The van der Waals surface area contributed by atoms with Crippen molar-refractivity contribution in [3.63, 3.8) is 0 Å². The highest BCUT2D eigenvalue weighted by atomic mass is 32.2. The zero-order valence-electron chi connectivity index (χ0n) is 21.8. The van der Waals surface area contributed by atoms with Crippen LogP contribution >= 0.6 is 0 Å². The molecule has 0 saturated carbocycles. The first-order valence-corrected chi connectivity index (χ1v) is 13.7. The number of nitrogens with zero attached hydrogens (tertiary/aromatic N) is 4. The third-order valence-corrected chi connectivity index (χ3v) is 7.93. The minimum Gasteiger partial charge on any atom is -0.462 e. The fourth-order valence-electron chi connectivity index (χ4n) is 4.30. The summed E-state index contributed by atoms with van der Waals surface area (Å²) in [5.74, 6) is -0.991. The van der Waals surface area contributed by atoms with E-state index in [1.165, 1.54) is 40.4 Å². The second-order valence-electron chi connectivity index (χ2n) is 8.83. The summed E-state index contributed by atoms with van der Waals surface area (Å²) in [6, 6.07) is 5.41. The molecule has 1 aliphatic rings. The van der Waals surface area contributed by atoms with Crippen LogP contribution in [-0.2, 0) is 26.0 Å². The Bertz CT molecular complexity index is 1280. The number of esters is 1.